The zero-order valence-corrected chi connectivity index (χ0v) is 38.0. The summed E-state index contributed by atoms with van der Waals surface area (Å²) in [6.07, 6.45) is -2.05. The molecule has 4 atom stereocenters. The predicted molar refractivity (Wildman–Crippen MR) is 240 cm³/mol. The molecule has 0 aromatic rings. The van der Waals surface area contributed by atoms with Crippen LogP contribution in [0.1, 0.15) is 79.1 Å². The molecule has 62 heavy (non-hydrogen) atoms. The fourth-order valence-corrected chi connectivity index (χ4v) is 6.72. The topological polar surface area (TPSA) is 337 Å². The summed E-state index contributed by atoms with van der Waals surface area (Å²) in [5, 5.41) is 23.3. The Morgan fingerprint density at radius 3 is 0.919 bits per heavy atom. The van der Waals surface area contributed by atoms with E-state index in [1.807, 2.05) is 13.8 Å². The van der Waals surface area contributed by atoms with Gasteiger partial charge in [0.15, 0.2) is 0 Å². The third-order valence-electron chi connectivity index (χ3n) is 9.94. The van der Waals surface area contributed by atoms with E-state index in [1.165, 1.54) is 0 Å². The first-order chi connectivity index (χ1) is 29.6. The lowest BCUT2D eigenvalue weighted by Crippen LogP contribution is -2.39. The normalized spacial score (nSPS) is 13.3. The van der Waals surface area contributed by atoms with Gasteiger partial charge in [0.25, 0.3) is 0 Å². The molecule has 0 aliphatic carbocycles. The van der Waals surface area contributed by atoms with E-state index < -0.39 is 78.1 Å². The van der Waals surface area contributed by atoms with Crippen LogP contribution in [0.2, 0.25) is 0 Å². The average Bonchev–Trinajstić information content (AvgIpc) is 3.21. The summed E-state index contributed by atoms with van der Waals surface area (Å²) in [6.45, 7) is 13.9. The molecule has 20 heteroatoms. The van der Waals surface area contributed by atoms with Crippen molar-refractivity contribution < 1.29 is 38.4 Å². The molecule has 0 fully saturated rings. The van der Waals surface area contributed by atoms with Crippen molar-refractivity contribution in [2.45, 2.75) is 79.1 Å². The Morgan fingerprint density at radius 2 is 0.629 bits per heavy atom. The van der Waals surface area contributed by atoms with Gasteiger partial charge in [0, 0.05) is 179 Å². The minimum atomic E-state index is -1.23. The maximum Gasteiger partial charge on any atom is 0.220 e. The van der Waals surface area contributed by atoms with Gasteiger partial charge in [0.2, 0.25) is 23.6 Å². The molecular weight excluding hydrogens is 801 g/mol. The van der Waals surface area contributed by atoms with Gasteiger partial charge in [-0.25, -0.2) is 0 Å². The summed E-state index contributed by atoms with van der Waals surface area (Å²) in [7, 11) is 0. The molecule has 358 valence electrons. The maximum absolute atomic E-state index is 14.3. The number of nitrogens with one attached hydrogen (secondary N) is 8. The van der Waals surface area contributed by atoms with Crippen LogP contribution in [0.3, 0.4) is 0 Å². The summed E-state index contributed by atoms with van der Waals surface area (Å²) >= 11 is 0. The lowest BCUT2D eigenvalue weighted by atomic mass is 9.79. The van der Waals surface area contributed by atoms with Crippen molar-refractivity contribution in [1.29, 1.82) is 0 Å². The molecule has 0 saturated carbocycles. The van der Waals surface area contributed by atoms with E-state index in [4.69, 9.17) is 22.9 Å². The molecule has 0 rings (SSSR count). The van der Waals surface area contributed by atoms with Crippen LogP contribution < -0.4 is 65.5 Å². The van der Waals surface area contributed by atoms with Crippen LogP contribution in [-0.2, 0) is 38.4 Å². The van der Waals surface area contributed by atoms with Gasteiger partial charge in [-0.2, -0.15) is 0 Å². The van der Waals surface area contributed by atoms with Crippen LogP contribution in [0.4, 0.5) is 0 Å². The monoisotopic (exact) mass is 883 g/mol. The molecular formula is C42H82N12O8. The van der Waals surface area contributed by atoms with Crippen LogP contribution in [0.15, 0.2) is 0 Å². The molecule has 0 aliphatic heterocycles. The average molecular weight is 883 g/mol. The third kappa shape index (κ3) is 29.5. The fraction of sp³-hybridized carbons (Fsp3) is 0.810. The lowest BCUT2D eigenvalue weighted by Gasteiger charge is -2.24. The third-order valence-corrected chi connectivity index (χ3v) is 9.94. The zero-order chi connectivity index (χ0) is 46.7. The summed E-state index contributed by atoms with van der Waals surface area (Å²) in [4.78, 5) is 108. The second-order valence-corrected chi connectivity index (χ2v) is 16.4. The highest BCUT2D eigenvalue weighted by molar-refractivity contribution is 5.98. The van der Waals surface area contributed by atoms with Gasteiger partial charge < -0.3 is 65.5 Å². The zero-order valence-electron chi connectivity index (χ0n) is 38.0. The van der Waals surface area contributed by atoms with Crippen molar-refractivity contribution in [3.63, 3.8) is 0 Å². The van der Waals surface area contributed by atoms with Gasteiger partial charge in [-0.1, -0.05) is 27.7 Å². The molecule has 0 aromatic carbocycles. The maximum atomic E-state index is 14.3. The van der Waals surface area contributed by atoms with Crippen molar-refractivity contribution in [2.75, 3.05) is 105 Å². The number of hydrogen-bond acceptors (Lipinski definition) is 16. The molecule has 0 heterocycles. The number of hydrogen-bond donors (Lipinski definition) is 12. The Morgan fingerprint density at radius 1 is 0.355 bits per heavy atom. The highest BCUT2D eigenvalue weighted by Crippen LogP contribution is 2.27. The summed E-state index contributed by atoms with van der Waals surface area (Å²) in [5.74, 6) is -8.26. The van der Waals surface area contributed by atoms with E-state index in [0.717, 1.165) is 0 Å². The number of rotatable bonds is 41. The molecule has 0 radical (unpaired) electrons. The molecule has 20 nitrogen and oxygen atoms in total. The molecule has 0 aromatic heterocycles. The smallest absolute Gasteiger partial charge is 0.220 e. The summed E-state index contributed by atoms with van der Waals surface area (Å²) in [5.41, 5.74) is 22.1. The standard InChI is InChI=1S/C42H82N12O8/c1-29(2)21-31(25-38(58)51-17-13-47-9-5-43)35(55)22-32(26-39(59)52-18-14-48-10-6-44)36(56)23-33(27-40(60)53-19-15-49-11-7-45)37(57)24-34(42(62)30(3)4)28-41(61)54-20-16-50-12-8-46/h29-34,47-50H,5-28,43-46H2,1-4H3,(H,51,58)(H,52,59)(H,53,60)(H,54,61). The Kier molecular flexibility index (Phi) is 34.5. The van der Waals surface area contributed by atoms with Crippen molar-refractivity contribution in [3.8, 4) is 0 Å². The molecule has 0 spiro atoms. The van der Waals surface area contributed by atoms with Gasteiger partial charge in [0.05, 0.1) is 0 Å². The summed E-state index contributed by atoms with van der Waals surface area (Å²) < 4.78 is 0. The Hall–Kier alpha value is -3.76. The number of ketones is 4. The highest BCUT2D eigenvalue weighted by Gasteiger charge is 2.35. The van der Waals surface area contributed by atoms with Crippen LogP contribution >= 0.6 is 0 Å². The van der Waals surface area contributed by atoms with Crippen LogP contribution in [0.25, 0.3) is 0 Å². The first kappa shape index (κ1) is 58.2. The van der Waals surface area contributed by atoms with Crippen molar-refractivity contribution >= 4 is 46.8 Å². The number of nitrogens with two attached hydrogens (primary N) is 4. The van der Waals surface area contributed by atoms with Crippen LogP contribution in [-0.4, -0.2) is 151 Å². The Labute approximate surface area is 369 Å². The van der Waals surface area contributed by atoms with Gasteiger partial charge in [0.1, 0.15) is 23.1 Å². The van der Waals surface area contributed by atoms with Crippen molar-refractivity contribution in [1.82, 2.24) is 42.5 Å². The van der Waals surface area contributed by atoms with E-state index in [0.29, 0.717) is 91.5 Å². The second-order valence-electron chi connectivity index (χ2n) is 16.4. The molecule has 0 aliphatic rings. The highest BCUT2D eigenvalue weighted by atomic mass is 16.2. The lowest BCUT2D eigenvalue weighted by molar-refractivity contribution is -0.138. The largest absolute Gasteiger partial charge is 0.355 e. The van der Waals surface area contributed by atoms with Crippen LogP contribution in [0, 0.1) is 35.5 Å². The number of carbonyl (C=O) groups excluding carboxylic acids is 8. The number of amides is 4. The minimum absolute atomic E-state index is 0.0314. The Bertz CT molecular complexity index is 1340. The predicted octanol–water partition coefficient (Wildman–Crippen LogP) is -3.18. The first-order valence-electron chi connectivity index (χ1n) is 22.4. The first-order valence-corrected chi connectivity index (χ1v) is 22.4. The molecule has 16 N–H and O–H groups in total. The van der Waals surface area contributed by atoms with Gasteiger partial charge >= 0.3 is 0 Å². The van der Waals surface area contributed by atoms with E-state index >= 15 is 0 Å². The quantitative estimate of drug-likeness (QED) is 0.0269. The van der Waals surface area contributed by atoms with Crippen molar-refractivity contribution in [2.24, 2.45) is 58.4 Å². The van der Waals surface area contributed by atoms with E-state index in [-0.39, 0.29) is 68.7 Å². The second kappa shape index (κ2) is 36.7. The molecule has 0 bridgehead atoms. The minimum Gasteiger partial charge on any atom is -0.355 e. The molecule has 4 amide bonds. The van der Waals surface area contributed by atoms with Crippen LogP contribution in [0.5, 0.6) is 0 Å². The SMILES string of the molecule is CC(C)CC(CC(=O)NCCNCCN)C(=O)CC(CC(=O)NCCNCCN)C(=O)CC(CC(=O)NCCNCCN)C(=O)CC(CC(=O)NCCNCCN)C(=O)C(C)C. The van der Waals surface area contributed by atoms with Gasteiger partial charge in [-0.15, -0.1) is 0 Å². The van der Waals surface area contributed by atoms with E-state index in [2.05, 4.69) is 42.5 Å². The molecule has 0 saturated heterocycles. The number of Topliss-reactive ketones (excluding diaryl/α,β-unsaturated/α-hetero) is 4. The van der Waals surface area contributed by atoms with E-state index in [1.54, 1.807) is 13.8 Å². The van der Waals surface area contributed by atoms with E-state index in [9.17, 15) is 38.4 Å². The van der Waals surface area contributed by atoms with Gasteiger partial charge in [-0.05, 0) is 12.3 Å². The summed E-state index contributed by atoms with van der Waals surface area (Å²) in [6, 6.07) is 0. The number of carbonyl (C=O) groups is 8. The molecule has 4 unspecified atom stereocenters. The fourth-order valence-electron chi connectivity index (χ4n) is 6.72. The van der Waals surface area contributed by atoms with Crippen molar-refractivity contribution in [3.05, 3.63) is 0 Å². The van der Waals surface area contributed by atoms with Gasteiger partial charge in [-0.3, -0.25) is 38.4 Å². The Balaban J connectivity index is 6.55.